The molecule has 13 heteroatoms. The minimum Gasteiger partial charge on any atom is -0.481 e. The number of carbonyl (C=O) groups is 2. The van der Waals surface area contributed by atoms with Crippen molar-refractivity contribution in [3.63, 3.8) is 0 Å². The molecule has 0 saturated carbocycles. The molecule has 0 spiro atoms. The number of nitrogens with zero attached hydrogens (tertiary/aromatic N) is 3. The number of alkyl halides is 3. The van der Waals surface area contributed by atoms with E-state index in [4.69, 9.17) is 23.8 Å². The van der Waals surface area contributed by atoms with Gasteiger partial charge in [-0.3, -0.25) is 4.79 Å². The second-order valence-corrected chi connectivity index (χ2v) is 7.48. The van der Waals surface area contributed by atoms with Crippen LogP contribution in [0.25, 0.3) is 0 Å². The smallest absolute Gasteiger partial charge is 0.481 e. The maximum Gasteiger partial charge on any atom is 0.490 e. The van der Waals surface area contributed by atoms with Gasteiger partial charge in [-0.2, -0.15) is 13.2 Å². The second-order valence-electron chi connectivity index (χ2n) is 7.48. The Morgan fingerprint density at radius 1 is 1.33 bits per heavy atom. The number of methoxy groups -OCH3 is 1. The molecule has 1 amide bonds. The number of fused-ring (bicyclic) bond motifs is 1. The summed E-state index contributed by atoms with van der Waals surface area (Å²) in [6.45, 7) is 2.05. The van der Waals surface area contributed by atoms with Crippen LogP contribution in [0.2, 0.25) is 0 Å². The summed E-state index contributed by atoms with van der Waals surface area (Å²) in [6.07, 6.45) is -0.591. The Hall–Kier alpha value is -3.35. The molecule has 2 aromatic heterocycles. The van der Waals surface area contributed by atoms with Crippen molar-refractivity contribution in [2.45, 2.75) is 37.8 Å². The average molecular weight is 472 g/mol. The van der Waals surface area contributed by atoms with Gasteiger partial charge in [-0.05, 0) is 18.6 Å². The van der Waals surface area contributed by atoms with Crippen molar-refractivity contribution in [2.75, 3.05) is 25.1 Å². The van der Waals surface area contributed by atoms with Crippen LogP contribution in [0.4, 0.5) is 19.0 Å². The lowest BCUT2D eigenvalue weighted by Gasteiger charge is -2.20. The molecule has 2 aliphatic rings. The van der Waals surface area contributed by atoms with E-state index in [1.807, 2.05) is 18.2 Å². The first-order valence-electron chi connectivity index (χ1n) is 10.0. The predicted octanol–water partition coefficient (Wildman–Crippen LogP) is 2.01. The molecule has 2 fully saturated rings. The van der Waals surface area contributed by atoms with Crippen molar-refractivity contribution in [3.05, 3.63) is 36.5 Å². The van der Waals surface area contributed by atoms with Crippen molar-refractivity contribution in [2.24, 2.45) is 5.92 Å². The van der Waals surface area contributed by atoms with Gasteiger partial charge < -0.3 is 29.2 Å². The number of carbonyl (C=O) groups excluding carboxylic acids is 1. The van der Waals surface area contributed by atoms with Gasteiger partial charge in [0.05, 0.1) is 38.5 Å². The molecule has 10 nitrogen and oxygen atoms in total. The Morgan fingerprint density at radius 2 is 2.09 bits per heavy atom. The maximum atomic E-state index is 12.1. The molecule has 180 valence electrons. The molecule has 2 N–H and O–H groups in total. The molecule has 2 aliphatic heterocycles. The number of aliphatic carboxylic acids is 1. The Labute approximate surface area is 186 Å². The van der Waals surface area contributed by atoms with Crippen LogP contribution in [-0.2, 0) is 20.9 Å². The summed E-state index contributed by atoms with van der Waals surface area (Å²) in [4.78, 5) is 31.5. The Bertz CT molecular complexity index is 926. The summed E-state index contributed by atoms with van der Waals surface area (Å²) in [5, 5.41) is 10.00. The fraction of sp³-hybridized carbons (Fsp3) is 0.500. The minimum atomic E-state index is -5.08. The summed E-state index contributed by atoms with van der Waals surface area (Å²) in [7, 11) is 1.59. The second kappa shape index (κ2) is 10.5. The van der Waals surface area contributed by atoms with Gasteiger partial charge in [-0.15, -0.1) is 0 Å². The average Bonchev–Trinajstić information content (AvgIpc) is 3.49. The first kappa shape index (κ1) is 24.3. The fourth-order valence-corrected chi connectivity index (χ4v) is 3.67. The first-order valence-corrected chi connectivity index (χ1v) is 10.0. The molecule has 0 radical (unpaired) electrons. The van der Waals surface area contributed by atoms with E-state index in [-0.39, 0.29) is 18.1 Å². The number of hydrogen-bond acceptors (Lipinski definition) is 8. The van der Waals surface area contributed by atoms with E-state index in [1.54, 1.807) is 13.4 Å². The van der Waals surface area contributed by atoms with E-state index in [0.29, 0.717) is 24.8 Å². The van der Waals surface area contributed by atoms with Gasteiger partial charge in [0.25, 0.3) is 0 Å². The summed E-state index contributed by atoms with van der Waals surface area (Å²) in [6, 6.07) is 5.48. The molecule has 33 heavy (non-hydrogen) atoms. The highest BCUT2D eigenvalue weighted by atomic mass is 19.4. The summed E-state index contributed by atoms with van der Waals surface area (Å²) >= 11 is 0. The van der Waals surface area contributed by atoms with Crippen molar-refractivity contribution >= 4 is 17.7 Å². The SMILES string of the molecule is COc1cc(N2C[C@@H]3C[C@@H](CC(=O)NCc4ccco4)O[C@@H]3C2)ncn1.O=C(O)C(F)(F)F. The topological polar surface area (TPSA) is 127 Å². The van der Waals surface area contributed by atoms with E-state index in [2.05, 4.69) is 20.2 Å². The molecule has 4 rings (SSSR count). The number of carboxylic acid groups (broad SMARTS) is 1. The number of hydrogen-bond donors (Lipinski definition) is 2. The molecule has 2 aromatic rings. The minimum absolute atomic E-state index is 0.0104. The maximum absolute atomic E-state index is 12.1. The number of ether oxygens (including phenoxy) is 2. The van der Waals surface area contributed by atoms with Crippen LogP contribution in [0.5, 0.6) is 5.88 Å². The van der Waals surface area contributed by atoms with Crippen LogP contribution < -0.4 is 15.0 Å². The quantitative estimate of drug-likeness (QED) is 0.649. The molecule has 0 unspecified atom stereocenters. The van der Waals surface area contributed by atoms with Crippen LogP contribution in [0.1, 0.15) is 18.6 Å². The van der Waals surface area contributed by atoms with Crippen molar-refractivity contribution in [3.8, 4) is 5.88 Å². The van der Waals surface area contributed by atoms with Gasteiger partial charge in [0, 0.05) is 25.1 Å². The molecule has 2 saturated heterocycles. The third kappa shape index (κ3) is 6.81. The predicted molar refractivity (Wildman–Crippen MR) is 106 cm³/mol. The molecule has 3 atom stereocenters. The molecular weight excluding hydrogens is 449 g/mol. The highest BCUT2D eigenvalue weighted by molar-refractivity contribution is 5.76. The molecule has 4 heterocycles. The number of nitrogens with one attached hydrogen (secondary N) is 1. The first-order chi connectivity index (χ1) is 15.7. The lowest BCUT2D eigenvalue weighted by atomic mass is 10.0. The highest BCUT2D eigenvalue weighted by Crippen LogP contribution is 2.36. The zero-order valence-electron chi connectivity index (χ0n) is 17.6. The van der Waals surface area contributed by atoms with E-state index in [1.165, 1.54) is 6.33 Å². The number of anilines is 1. The van der Waals surface area contributed by atoms with E-state index < -0.39 is 12.1 Å². The Morgan fingerprint density at radius 3 is 2.70 bits per heavy atom. The van der Waals surface area contributed by atoms with Gasteiger partial charge in [0.15, 0.2) is 0 Å². The molecule has 0 bridgehead atoms. The van der Waals surface area contributed by atoms with Crippen LogP contribution in [0.3, 0.4) is 0 Å². The van der Waals surface area contributed by atoms with Crippen molar-refractivity contribution in [1.82, 2.24) is 15.3 Å². The molecular formula is C20H23F3N4O6. The van der Waals surface area contributed by atoms with Gasteiger partial charge >= 0.3 is 12.1 Å². The van der Waals surface area contributed by atoms with Crippen LogP contribution in [0, 0.1) is 5.92 Å². The third-order valence-electron chi connectivity index (χ3n) is 5.17. The van der Waals surface area contributed by atoms with Crippen molar-refractivity contribution in [1.29, 1.82) is 0 Å². The number of aromatic nitrogens is 2. The number of furan rings is 1. The zero-order valence-corrected chi connectivity index (χ0v) is 17.6. The Kier molecular flexibility index (Phi) is 7.74. The van der Waals surface area contributed by atoms with Crippen molar-refractivity contribution < 1.29 is 41.8 Å². The number of amides is 1. The third-order valence-corrected chi connectivity index (χ3v) is 5.17. The van der Waals surface area contributed by atoms with Gasteiger partial charge in [-0.25, -0.2) is 14.8 Å². The van der Waals surface area contributed by atoms with Crippen LogP contribution in [-0.4, -0.2) is 65.5 Å². The standard InChI is InChI=1S/C18H22N4O4.C2HF3O2/c1-24-18-7-16(20-11-21-18)22-9-12-5-14(26-15(12)10-22)6-17(23)19-8-13-3-2-4-25-13;3-2(4,5)1(6)7/h2-4,7,11-12,14-15H,5-6,8-10H2,1H3,(H,19,23);(H,6,7)/t12-,14-,15+;/m0./s1. The van der Waals surface area contributed by atoms with Crippen LogP contribution >= 0.6 is 0 Å². The normalized spacial score (nSPS) is 21.7. The molecule has 0 aliphatic carbocycles. The number of carboxylic acids is 1. The van der Waals surface area contributed by atoms with E-state index in [9.17, 15) is 18.0 Å². The van der Waals surface area contributed by atoms with E-state index >= 15 is 0 Å². The number of rotatable bonds is 6. The van der Waals surface area contributed by atoms with Gasteiger partial charge in [0.1, 0.15) is 17.9 Å². The molecule has 0 aromatic carbocycles. The summed E-state index contributed by atoms with van der Waals surface area (Å²) in [5.74, 6) is -0.199. The Balaban J connectivity index is 0.000000383. The number of halogens is 3. The van der Waals surface area contributed by atoms with Gasteiger partial charge in [-0.1, -0.05) is 0 Å². The van der Waals surface area contributed by atoms with Gasteiger partial charge in [0.2, 0.25) is 11.8 Å². The summed E-state index contributed by atoms with van der Waals surface area (Å²) in [5.41, 5.74) is 0. The summed E-state index contributed by atoms with van der Waals surface area (Å²) < 4.78 is 48.2. The lowest BCUT2D eigenvalue weighted by molar-refractivity contribution is -0.192. The lowest BCUT2D eigenvalue weighted by Crippen LogP contribution is -2.29. The van der Waals surface area contributed by atoms with E-state index in [0.717, 1.165) is 31.1 Å². The van der Waals surface area contributed by atoms with Crippen LogP contribution in [0.15, 0.2) is 35.2 Å². The largest absolute Gasteiger partial charge is 0.490 e. The highest BCUT2D eigenvalue weighted by Gasteiger charge is 2.43. The fourth-order valence-electron chi connectivity index (χ4n) is 3.67. The monoisotopic (exact) mass is 472 g/mol. The zero-order chi connectivity index (χ0) is 24.0.